The van der Waals surface area contributed by atoms with E-state index >= 15 is 0 Å². The van der Waals surface area contributed by atoms with E-state index in [-0.39, 0.29) is 11.5 Å². The molecule has 0 bridgehead atoms. The Morgan fingerprint density at radius 1 is 1.22 bits per heavy atom. The fourth-order valence-corrected chi connectivity index (χ4v) is 2.61. The van der Waals surface area contributed by atoms with Crippen LogP contribution in [0.25, 0.3) is 0 Å². The number of rotatable bonds is 3. The van der Waals surface area contributed by atoms with Gasteiger partial charge in [-0.1, -0.05) is 0 Å². The number of benzene rings is 1. The Bertz CT molecular complexity index is 687. The zero-order chi connectivity index (χ0) is 16.8. The van der Waals surface area contributed by atoms with Crippen LogP contribution in [0.3, 0.4) is 0 Å². The molecule has 1 aliphatic heterocycles. The summed E-state index contributed by atoms with van der Waals surface area (Å²) in [7, 11) is 0. The summed E-state index contributed by atoms with van der Waals surface area (Å²) in [6, 6.07) is 9.54. The van der Waals surface area contributed by atoms with Crippen LogP contribution in [0.2, 0.25) is 0 Å². The van der Waals surface area contributed by atoms with Gasteiger partial charge in [0.05, 0.1) is 0 Å². The normalized spacial score (nSPS) is 13.7. The van der Waals surface area contributed by atoms with Crippen molar-refractivity contribution in [2.45, 2.75) is 13.8 Å². The molecule has 1 aromatic rings. The third kappa shape index (κ3) is 4.02. The third-order valence-corrected chi connectivity index (χ3v) is 3.89. The minimum absolute atomic E-state index is 0.0343. The average molecular weight is 309 g/mol. The predicted molar refractivity (Wildman–Crippen MR) is 88.6 cm³/mol. The number of nitrogens with zero attached hydrogens (tertiary/aromatic N) is 4. The van der Waals surface area contributed by atoms with Gasteiger partial charge in [0.25, 0.3) is 0 Å². The summed E-state index contributed by atoms with van der Waals surface area (Å²) in [6.45, 7) is 6.75. The van der Waals surface area contributed by atoms with Gasteiger partial charge < -0.3 is 15.1 Å². The van der Waals surface area contributed by atoms with E-state index in [1.165, 1.54) is 6.20 Å². The summed E-state index contributed by atoms with van der Waals surface area (Å²) in [6.07, 6.45) is 1.40. The van der Waals surface area contributed by atoms with Crippen molar-refractivity contribution in [2.75, 3.05) is 36.4 Å². The Balaban J connectivity index is 2.06. The Kier molecular flexibility index (Phi) is 5.22. The number of nitriles is 2. The molecule has 0 spiro atoms. The molecule has 1 aromatic carbocycles. The standard InChI is InChI=1S/C17H19N5O/c1-13-9-16(20-12-15(10-18)11-19)3-4-17(13)22-7-5-21(6-8-22)14(2)23/h3-4,9,12,20H,5-8H2,1-2H3. The molecule has 2 rings (SSSR count). The number of carbonyl (C=O) groups is 1. The van der Waals surface area contributed by atoms with E-state index in [9.17, 15) is 4.79 Å². The molecule has 0 atom stereocenters. The van der Waals surface area contributed by atoms with Crippen LogP contribution in [-0.2, 0) is 4.79 Å². The van der Waals surface area contributed by atoms with Crippen molar-refractivity contribution in [3.05, 3.63) is 35.5 Å². The molecule has 6 heteroatoms. The molecule has 1 saturated heterocycles. The van der Waals surface area contributed by atoms with E-state index < -0.39 is 0 Å². The van der Waals surface area contributed by atoms with Crippen LogP contribution in [0.1, 0.15) is 12.5 Å². The second-order valence-corrected chi connectivity index (χ2v) is 5.42. The highest BCUT2D eigenvalue weighted by molar-refractivity contribution is 5.73. The smallest absolute Gasteiger partial charge is 0.219 e. The molecule has 0 aliphatic carbocycles. The van der Waals surface area contributed by atoms with Gasteiger partial charge in [-0.2, -0.15) is 10.5 Å². The number of hydrogen-bond acceptors (Lipinski definition) is 5. The molecular formula is C17H19N5O. The average Bonchev–Trinajstić information content (AvgIpc) is 2.56. The van der Waals surface area contributed by atoms with Gasteiger partial charge in [0.1, 0.15) is 17.7 Å². The summed E-state index contributed by atoms with van der Waals surface area (Å²) in [5, 5.41) is 20.4. The van der Waals surface area contributed by atoms with Crippen LogP contribution in [0.4, 0.5) is 11.4 Å². The van der Waals surface area contributed by atoms with E-state index in [0.29, 0.717) is 0 Å². The number of piperazine rings is 1. The molecule has 0 saturated carbocycles. The number of nitrogens with one attached hydrogen (secondary N) is 1. The van der Waals surface area contributed by atoms with E-state index in [2.05, 4.69) is 10.2 Å². The molecule has 0 aromatic heterocycles. The summed E-state index contributed by atoms with van der Waals surface area (Å²) in [4.78, 5) is 15.5. The second-order valence-electron chi connectivity index (χ2n) is 5.42. The first-order valence-corrected chi connectivity index (χ1v) is 7.43. The minimum atomic E-state index is 0.0343. The van der Waals surface area contributed by atoms with Crippen LogP contribution < -0.4 is 10.2 Å². The van der Waals surface area contributed by atoms with Gasteiger partial charge in [-0.15, -0.1) is 0 Å². The number of carbonyl (C=O) groups excluding carboxylic acids is 1. The zero-order valence-electron chi connectivity index (χ0n) is 13.3. The minimum Gasteiger partial charge on any atom is -0.368 e. The zero-order valence-corrected chi connectivity index (χ0v) is 13.3. The first-order chi connectivity index (χ1) is 11.0. The summed E-state index contributed by atoms with van der Waals surface area (Å²) < 4.78 is 0. The number of anilines is 2. The lowest BCUT2D eigenvalue weighted by atomic mass is 10.1. The van der Waals surface area contributed by atoms with Gasteiger partial charge in [0, 0.05) is 50.7 Å². The first kappa shape index (κ1) is 16.4. The van der Waals surface area contributed by atoms with Crippen LogP contribution in [0.5, 0.6) is 0 Å². The third-order valence-electron chi connectivity index (χ3n) is 3.89. The molecule has 1 N–H and O–H groups in total. The van der Waals surface area contributed by atoms with Gasteiger partial charge in [0.2, 0.25) is 5.91 Å². The lowest BCUT2D eigenvalue weighted by molar-refractivity contribution is -0.129. The van der Waals surface area contributed by atoms with Gasteiger partial charge in [-0.05, 0) is 30.7 Å². The SMILES string of the molecule is CC(=O)N1CCN(c2ccc(NC=C(C#N)C#N)cc2C)CC1. The van der Waals surface area contributed by atoms with Crippen LogP contribution in [0.15, 0.2) is 30.0 Å². The van der Waals surface area contributed by atoms with Crippen molar-refractivity contribution in [1.29, 1.82) is 10.5 Å². The quantitative estimate of drug-likeness (QED) is 0.864. The summed E-state index contributed by atoms with van der Waals surface area (Å²) in [5.74, 6) is 0.124. The number of hydrogen-bond donors (Lipinski definition) is 1. The largest absolute Gasteiger partial charge is 0.368 e. The summed E-state index contributed by atoms with van der Waals surface area (Å²) in [5.41, 5.74) is 3.11. The monoisotopic (exact) mass is 309 g/mol. The van der Waals surface area contributed by atoms with Gasteiger partial charge >= 0.3 is 0 Å². The van der Waals surface area contributed by atoms with Crippen LogP contribution in [0, 0.1) is 29.6 Å². The fraction of sp³-hybridized carbons (Fsp3) is 0.353. The molecule has 6 nitrogen and oxygen atoms in total. The van der Waals surface area contributed by atoms with Crippen molar-refractivity contribution >= 4 is 17.3 Å². The predicted octanol–water partition coefficient (Wildman–Crippen LogP) is 2.01. The van der Waals surface area contributed by atoms with Crippen molar-refractivity contribution < 1.29 is 4.79 Å². The van der Waals surface area contributed by atoms with Gasteiger partial charge in [0.15, 0.2) is 0 Å². The summed E-state index contributed by atoms with van der Waals surface area (Å²) >= 11 is 0. The maximum absolute atomic E-state index is 11.4. The van der Waals surface area contributed by atoms with E-state index in [4.69, 9.17) is 10.5 Å². The molecular weight excluding hydrogens is 290 g/mol. The number of allylic oxidation sites excluding steroid dienone is 1. The lowest BCUT2D eigenvalue weighted by Crippen LogP contribution is -2.48. The molecule has 23 heavy (non-hydrogen) atoms. The molecule has 1 heterocycles. The van der Waals surface area contributed by atoms with Gasteiger partial charge in [-0.3, -0.25) is 4.79 Å². The van der Waals surface area contributed by atoms with Crippen molar-refractivity contribution in [3.8, 4) is 12.1 Å². The molecule has 0 unspecified atom stereocenters. The Labute approximate surface area is 136 Å². The van der Waals surface area contributed by atoms with Crippen molar-refractivity contribution in [1.82, 2.24) is 4.90 Å². The number of amides is 1. The highest BCUT2D eigenvalue weighted by Gasteiger charge is 2.19. The molecule has 1 aliphatic rings. The first-order valence-electron chi connectivity index (χ1n) is 7.43. The van der Waals surface area contributed by atoms with Crippen LogP contribution in [-0.4, -0.2) is 37.0 Å². The highest BCUT2D eigenvalue weighted by Crippen LogP contribution is 2.25. The van der Waals surface area contributed by atoms with Crippen molar-refractivity contribution in [3.63, 3.8) is 0 Å². The Hall–Kier alpha value is -2.99. The Morgan fingerprint density at radius 3 is 2.39 bits per heavy atom. The fourth-order valence-electron chi connectivity index (χ4n) is 2.61. The highest BCUT2D eigenvalue weighted by atomic mass is 16.2. The van der Waals surface area contributed by atoms with E-state index in [0.717, 1.165) is 43.1 Å². The molecule has 0 radical (unpaired) electrons. The van der Waals surface area contributed by atoms with E-state index in [1.54, 1.807) is 6.92 Å². The maximum atomic E-state index is 11.4. The molecule has 1 amide bonds. The van der Waals surface area contributed by atoms with Crippen LogP contribution >= 0.6 is 0 Å². The molecule has 1 fully saturated rings. The lowest BCUT2D eigenvalue weighted by Gasteiger charge is -2.36. The van der Waals surface area contributed by atoms with E-state index in [1.807, 2.05) is 42.2 Å². The van der Waals surface area contributed by atoms with Crippen molar-refractivity contribution in [2.24, 2.45) is 0 Å². The van der Waals surface area contributed by atoms with Gasteiger partial charge in [-0.25, -0.2) is 0 Å². The number of aryl methyl sites for hydroxylation is 1. The topological polar surface area (TPSA) is 83.2 Å². The maximum Gasteiger partial charge on any atom is 0.219 e. The Morgan fingerprint density at radius 2 is 1.87 bits per heavy atom. The second kappa shape index (κ2) is 7.33. The molecule has 118 valence electrons.